The fourth-order valence-corrected chi connectivity index (χ4v) is 3.97. The fraction of sp³-hybridized carbons (Fsp3) is 0.0870. The molecule has 1 amide bonds. The van der Waals surface area contributed by atoms with Crippen molar-refractivity contribution in [3.8, 4) is 10.6 Å². The van der Waals surface area contributed by atoms with Crippen LogP contribution in [0.15, 0.2) is 72.2 Å². The maximum Gasteiger partial charge on any atom is 0.342 e. The molecule has 4 rings (SSSR count). The molecule has 0 saturated carbocycles. The van der Waals surface area contributed by atoms with Gasteiger partial charge in [-0.25, -0.2) is 4.79 Å². The van der Waals surface area contributed by atoms with Crippen LogP contribution in [-0.2, 0) is 17.9 Å². The molecule has 0 radical (unpaired) electrons. The average molecular weight is 462 g/mol. The Morgan fingerprint density at radius 2 is 1.91 bits per heavy atom. The lowest BCUT2D eigenvalue weighted by Gasteiger charge is -2.06. The summed E-state index contributed by atoms with van der Waals surface area (Å²) < 4.78 is 7.06. The van der Waals surface area contributed by atoms with Gasteiger partial charge in [-0.05, 0) is 29.1 Å². The van der Waals surface area contributed by atoms with E-state index in [1.807, 2.05) is 47.8 Å². The van der Waals surface area contributed by atoms with E-state index in [0.29, 0.717) is 12.2 Å². The van der Waals surface area contributed by atoms with Gasteiger partial charge in [0.15, 0.2) is 0 Å². The molecule has 0 unspecified atom stereocenters. The molecule has 33 heavy (non-hydrogen) atoms. The number of thiophene rings is 1. The predicted molar refractivity (Wildman–Crippen MR) is 122 cm³/mol. The molecule has 0 spiro atoms. The lowest BCUT2D eigenvalue weighted by atomic mass is 10.1. The number of nitrogens with two attached hydrogens (primary N) is 1. The van der Waals surface area contributed by atoms with E-state index in [9.17, 15) is 19.7 Å². The lowest BCUT2D eigenvalue weighted by Crippen LogP contribution is -2.12. The van der Waals surface area contributed by atoms with Gasteiger partial charge in [0.2, 0.25) is 5.91 Å². The molecular weight excluding hydrogens is 444 g/mol. The highest BCUT2D eigenvalue weighted by atomic mass is 32.1. The number of hydrogen-bond acceptors (Lipinski definition) is 7. The van der Waals surface area contributed by atoms with Crippen LogP contribution in [0.5, 0.6) is 0 Å². The van der Waals surface area contributed by atoms with E-state index < -0.39 is 16.8 Å². The number of carbonyl (C=O) groups excluding carboxylic acids is 2. The Bertz CT molecular complexity index is 1320. The Labute approximate surface area is 192 Å². The number of benzene rings is 2. The van der Waals surface area contributed by atoms with E-state index in [-0.39, 0.29) is 29.0 Å². The fourth-order valence-electron chi connectivity index (χ4n) is 3.25. The van der Waals surface area contributed by atoms with Crippen LogP contribution >= 0.6 is 11.3 Å². The highest BCUT2D eigenvalue weighted by molar-refractivity contribution is 7.13. The molecule has 4 aromatic rings. The smallest absolute Gasteiger partial charge is 0.342 e. The predicted octanol–water partition coefficient (Wildman–Crippen LogP) is 4.02. The second-order valence-corrected chi connectivity index (χ2v) is 8.04. The third-order valence-electron chi connectivity index (χ3n) is 4.85. The summed E-state index contributed by atoms with van der Waals surface area (Å²) in [7, 11) is 0. The van der Waals surface area contributed by atoms with E-state index in [1.165, 1.54) is 23.5 Å². The van der Waals surface area contributed by atoms with Crippen molar-refractivity contribution in [1.82, 2.24) is 9.78 Å². The third-order valence-corrected chi connectivity index (χ3v) is 5.73. The molecule has 0 atom stereocenters. The minimum absolute atomic E-state index is 0.000975. The van der Waals surface area contributed by atoms with Crippen LogP contribution in [0.1, 0.15) is 31.8 Å². The zero-order valence-corrected chi connectivity index (χ0v) is 18.0. The number of hydrogen-bond donors (Lipinski definition) is 1. The molecule has 0 aliphatic heterocycles. The van der Waals surface area contributed by atoms with Crippen LogP contribution in [0.25, 0.3) is 10.6 Å². The van der Waals surface area contributed by atoms with Gasteiger partial charge >= 0.3 is 5.97 Å². The SMILES string of the molecule is NC(=O)c1ccc(COC(=O)c2cn(Cc3ccccc3)nc2-c2cccs2)c([N+](=O)[O-])c1. The van der Waals surface area contributed by atoms with Gasteiger partial charge < -0.3 is 10.5 Å². The molecule has 2 aromatic carbocycles. The van der Waals surface area contributed by atoms with Crippen molar-refractivity contribution in [3.05, 3.63) is 105 Å². The number of nitrogens with zero attached hydrogens (tertiary/aromatic N) is 3. The standard InChI is InChI=1S/C23H18N4O5S/c24-22(28)16-8-9-17(19(11-16)27(30)31)14-32-23(29)18-13-26(12-15-5-2-1-3-6-15)25-21(18)20-7-4-10-33-20/h1-11,13H,12,14H2,(H2,24,28). The molecular formula is C23H18N4O5S. The molecule has 0 bridgehead atoms. The summed E-state index contributed by atoms with van der Waals surface area (Å²) in [6.07, 6.45) is 1.61. The largest absolute Gasteiger partial charge is 0.457 e. The maximum atomic E-state index is 12.9. The second kappa shape index (κ2) is 9.45. The minimum Gasteiger partial charge on any atom is -0.457 e. The first-order valence-corrected chi connectivity index (χ1v) is 10.7. The summed E-state index contributed by atoms with van der Waals surface area (Å²) >= 11 is 1.44. The van der Waals surface area contributed by atoms with Gasteiger partial charge in [-0.1, -0.05) is 36.4 Å². The molecule has 166 valence electrons. The lowest BCUT2D eigenvalue weighted by molar-refractivity contribution is -0.385. The monoisotopic (exact) mass is 462 g/mol. The van der Waals surface area contributed by atoms with Crippen LogP contribution in [0, 0.1) is 10.1 Å². The van der Waals surface area contributed by atoms with E-state index in [4.69, 9.17) is 10.5 Å². The molecule has 2 heterocycles. The van der Waals surface area contributed by atoms with Crippen molar-refractivity contribution in [3.63, 3.8) is 0 Å². The zero-order valence-electron chi connectivity index (χ0n) is 17.2. The van der Waals surface area contributed by atoms with Crippen LogP contribution in [0.2, 0.25) is 0 Å². The number of ether oxygens (including phenoxy) is 1. The molecule has 0 saturated heterocycles. The number of aromatic nitrogens is 2. The highest BCUT2D eigenvalue weighted by Gasteiger charge is 2.22. The van der Waals surface area contributed by atoms with E-state index in [0.717, 1.165) is 16.5 Å². The van der Waals surface area contributed by atoms with Crippen LogP contribution < -0.4 is 5.73 Å². The number of amides is 1. The van der Waals surface area contributed by atoms with Crippen LogP contribution in [-0.4, -0.2) is 26.6 Å². The Hall–Kier alpha value is -4.31. The van der Waals surface area contributed by atoms with Crippen molar-refractivity contribution in [2.45, 2.75) is 13.2 Å². The summed E-state index contributed by atoms with van der Waals surface area (Å²) in [5, 5.41) is 17.8. The van der Waals surface area contributed by atoms with E-state index >= 15 is 0 Å². The van der Waals surface area contributed by atoms with Gasteiger partial charge in [0, 0.05) is 17.8 Å². The summed E-state index contributed by atoms with van der Waals surface area (Å²) in [5.41, 5.74) is 6.74. The summed E-state index contributed by atoms with van der Waals surface area (Å²) in [5.74, 6) is -1.45. The number of primary amides is 1. The van der Waals surface area contributed by atoms with Gasteiger partial charge in [0.1, 0.15) is 17.9 Å². The summed E-state index contributed by atoms with van der Waals surface area (Å²) in [4.78, 5) is 35.8. The second-order valence-electron chi connectivity index (χ2n) is 7.09. The molecule has 2 N–H and O–H groups in total. The van der Waals surface area contributed by atoms with Gasteiger partial charge in [0.25, 0.3) is 5.69 Å². The van der Waals surface area contributed by atoms with Crippen molar-refractivity contribution in [2.75, 3.05) is 0 Å². The van der Waals surface area contributed by atoms with Crippen molar-refractivity contribution >= 4 is 28.9 Å². The molecule has 10 heteroatoms. The topological polar surface area (TPSA) is 130 Å². The maximum absolute atomic E-state index is 12.9. The molecule has 0 aliphatic carbocycles. The first-order chi connectivity index (χ1) is 15.9. The first-order valence-electron chi connectivity index (χ1n) is 9.82. The quantitative estimate of drug-likeness (QED) is 0.239. The number of rotatable bonds is 8. The Balaban J connectivity index is 1.59. The average Bonchev–Trinajstić information content (AvgIpc) is 3.48. The van der Waals surface area contributed by atoms with E-state index in [1.54, 1.807) is 10.9 Å². The Kier molecular flexibility index (Phi) is 6.27. The number of esters is 1. The molecule has 0 fully saturated rings. The molecule has 0 aliphatic rings. The summed E-state index contributed by atoms with van der Waals surface area (Å²) in [6, 6.07) is 17.2. The van der Waals surface area contributed by atoms with Crippen LogP contribution in [0.4, 0.5) is 5.69 Å². The first kappa shape index (κ1) is 21.9. The van der Waals surface area contributed by atoms with Crippen molar-refractivity contribution in [1.29, 1.82) is 0 Å². The Morgan fingerprint density at radius 1 is 1.12 bits per heavy atom. The van der Waals surface area contributed by atoms with Crippen molar-refractivity contribution < 1.29 is 19.2 Å². The van der Waals surface area contributed by atoms with Gasteiger partial charge in [-0.15, -0.1) is 11.3 Å². The van der Waals surface area contributed by atoms with Gasteiger partial charge in [0.05, 0.1) is 21.9 Å². The van der Waals surface area contributed by atoms with Gasteiger partial charge in [-0.2, -0.15) is 5.10 Å². The number of nitro benzene ring substituents is 1. The van der Waals surface area contributed by atoms with Crippen molar-refractivity contribution in [2.24, 2.45) is 5.73 Å². The van der Waals surface area contributed by atoms with E-state index in [2.05, 4.69) is 5.10 Å². The Morgan fingerprint density at radius 3 is 2.58 bits per heavy atom. The third kappa shape index (κ3) is 4.96. The van der Waals surface area contributed by atoms with Crippen LogP contribution in [0.3, 0.4) is 0 Å². The number of carbonyl (C=O) groups is 2. The molecule has 2 aromatic heterocycles. The van der Waals surface area contributed by atoms with Gasteiger partial charge in [-0.3, -0.25) is 19.6 Å². The minimum atomic E-state index is -0.784. The highest BCUT2D eigenvalue weighted by Crippen LogP contribution is 2.28. The normalized spacial score (nSPS) is 10.7. The summed E-state index contributed by atoms with van der Waals surface area (Å²) in [6.45, 7) is 0.120. The number of nitro groups is 1. The zero-order chi connectivity index (χ0) is 23.4. The molecule has 9 nitrogen and oxygen atoms in total.